The van der Waals surface area contributed by atoms with E-state index in [4.69, 9.17) is 4.74 Å². The predicted octanol–water partition coefficient (Wildman–Crippen LogP) is 3.86. The summed E-state index contributed by atoms with van der Waals surface area (Å²) in [5.74, 6) is -0.234. The van der Waals surface area contributed by atoms with Gasteiger partial charge in [-0.2, -0.15) is 0 Å². The lowest BCUT2D eigenvalue weighted by Gasteiger charge is -2.08. The number of carbonyl (C=O) groups excluding carboxylic acids is 1. The molecule has 1 aliphatic carbocycles. The van der Waals surface area contributed by atoms with E-state index in [-0.39, 0.29) is 29.3 Å². The number of hydrogen-bond acceptors (Lipinski definition) is 6. The molecule has 31 heavy (non-hydrogen) atoms. The lowest BCUT2D eigenvalue weighted by molar-refractivity contribution is 0.102. The molecule has 1 amide bonds. The molecule has 4 rings (SSSR count). The number of carbonyl (C=O) groups is 1. The summed E-state index contributed by atoms with van der Waals surface area (Å²) < 4.78 is 46.0. The van der Waals surface area contributed by atoms with Gasteiger partial charge in [0.05, 0.1) is 10.6 Å². The molecule has 0 unspecified atom stereocenters. The third-order valence-corrected chi connectivity index (χ3v) is 7.17. The van der Waals surface area contributed by atoms with Crippen molar-refractivity contribution in [3.05, 3.63) is 69.9 Å². The fraction of sp³-hybridized carbons (Fsp3) is 0.238. The molecule has 1 aromatic heterocycles. The Labute approximate surface area is 183 Å². The highest BCUT2D eigenvalue weighted by atomic mass is 32.2. The van der Waals surface area contributed by atoms with Crippen molar-refractivity contribution in [2.24, 2.45) is 0 Å². The van der Waals surface area contributed by atoms with E-state index in [0.29, 0.717) is 27.0 Å². The van der Waals surface area contributed by atoms with Crippen LogP contribution in [0, 0.1) is 12.7 Å². The number of rotatable bonds is 8. The van der Waals surface area contributed by atoms with Crippen LogP contribution in [0.25, 0.3) is 0 Å². The quantitative estimate of drug-likeness (QED) is 0.531. The van der Waals surface area contributed by atoms with Crippen LogP contribution in [0.2, 0.25) is 0 Å². The summed E-state index contributed by atoms with van der Waals surface area (Å²) in [5.41, 5.74) is 0.917. The summed E-state index contributed by atoms with van der Waals surface area (Å²) in [4.78, 5) is 17.6. The molecule has 162 valence electrons. The largest absolute Gasteiger partial charge is 0.486 e. The highest BCUT2D eigenvalue weighted by molar-refractivity contribution is 7.89. The molecular weight excluding hydrogens is 441 g/mol. The average Bonchev–Trinajstić information content (AvgIpc) is 3.46. The van der Waals surface area contributed by atoms with E-state index in [9.17, 15) is 17.6 Å². The van der Waals surface area contributed by atoms with Crippen molar-refractivity contribution in [3.63, 3.8) is 0 Å². The smallest absolute Gasteiger partial charge is 0.267 e. The van der Waals surface area contributed by atoms with E-state index >= 15 is 0 Å². The van der Waals surface area contributed by atoms with Gasteiger partial charge in [-0.1, -0.05) is 6.07 Å². The number of anilines is 1. The Morgan fingerprint density at radius 1 is 1.23 bits per heavy atom. The Bertz CT molecular complexity index is 1210. The van der Waals surface area contributed by atoms with Crippen LogP contribution >= 0.6 is 11.3 Å². The number of aryl methyl sites for hydroxylation is 1. The van der Waals surface area contributed by atoms with Gasteiger partial charge in [-0.15, -0.1) is 11.3 Å². The number of halogens is 1. The maximum absolute atomic E-state index is 13.0. The molecule has 3 aromatic rings. The second-order valence-electron chi connectivity index (χ2n) is 7.14. The number of sulfonamides is 1. The molecule has 1 fully saturated rings. The van der Waals surface area contributed by atoms with E-state index in [2.05, 4.69) is 15.0 Å². The first-order valence-corrected chi connectivity index (χ1v) is 11.9. The number of thiazole rings is 1. The van der Waals surface area contributed by atoms with Crippen molar-refractivity contribution in [1.29, 1.82) is 0 Å². The predicted molar refractivity (Wildman–Crippen MR) is 115 cm³/mol. The fourth-order valence-electron chi connectivity index (χ4n) is 2.82. The van der Waals surface area contributed by atoms with Crippen molar-refractivity contribution in [2.75, 3.05) is 5.32 Å². The van der Waals surface area contributed by atoms with Crippen molar-refractivity contribution in [2.45, 2.75) is 37.3 Å². The van der Waals surface area contributed by atoms with Crippen LogP contribution in [0.1, 0.15) is 33.2 Å². The highest BCUT2D eigenvalue weighted by Crippen LogP contribution is 2.25. The van der Waals surface area contributed by atoms with Gasteiger partial charge in [-0.05, 0) is 62.2 Å². The van der Waals surface area contributed by atoms with Crippen LogP contribution in [0.15, 0.2) is 53.4 Å². The Morgan fingerprint density at radius 3 is 2.68 bits per heavy atom. The molecule has 2 N–H and O–H groups in total. The normalized spacial score (nSPS) is 13.7. The van der Waals surface area contributed by atoms with Crippen LogP contribution in [0.4, 0.5) is 10.1 Å². The molecule has 2 aromatic carbocycles. The lowest BCUT2D eigenvalue weighted by Crippen LogP contribution is -2.25. The molecule has 0 atom stereocenters. The summed E-state index contributed by atoms with van der Waals surface area (Å²) >= 11 is 1.18. The summed E-state index contributed by atoms with van der Waals surface area (Å²) in [6.45, 7) is 1.86. The van der Waals surface area contributed by atoms with Gasteiger partial charge in [0.15, 0.2) is 0 Å². The molecule has 1 heterocycles. The van der Waals surface area contributed by atoms with Gasteiger partial charge < -0.3 is 10.1 Å². The minimum Gasteiger partial charge on any atom is -0.486 e. The van der Waals surface area contributed by atoms with Gasteiger partial charge in [0.25, 0.3) is 5.91 Å². The zero-order chi connectivity index (χ0) is 22.0. The molecule has 0 bridgehead atoms. The summed E-state index contributed by atoms with van der Waals surface area (Å²) in [5, 5.41) is 3.32. The van der Waals surface area contributed by atoms with E-state index in [1.165, 1.54) is 47.7 Å². The highest BCUT2D eigenvalue weighted by Gasteiger charge is 2.28. The SMILES string of the molecule is Cc1nc(COc2ccc(F)cc2)sc1C(=O)Nc1cccc(S(=O)(=O)NC2CC2)c1. The maximum Gasteiger partial charge on any atom is 0.267 e. The van der Waals surface area contributed by atoms with E-state index in [1.807, 2.05) is 0 Å². The molecule has 0 aliphatic heterocycles. The number of nitrogens with one attached hydrogen (secondary N) is 2. The standard InChI is InChI=1S/C21H20FN3O4S2/c1-13-20(30-19(23-13)12-29-17-9-5-14(22)6-10-17)21(26)24-16-3-2-4-18(11-16)31(27,28)25-15-7-8-15/h2-6,9-11,15,25H,7-8,12H2,1H3,(H,24,26). The van der Waals surface area contributed by atoms with Crippen molar-refractivity contribution in [3.8, 4) is 5.75 Å². The molecule has 0 saturated heterocycles. The Kier molecular flexibility index (Phi) is 6.03. The Hall–Kier alpha value is -2.82. The van der Waals surface area contributed by atoms with Crippen molar-refractivity contribution in [1.82, 2.24) is 9.71 Å². The molecular formula is C21H20FN3O4S2. The van der Waals surface area contributed by atoms with Gasteiger partial charge in [0, 0.05) is 11.7 Å². The van der Waals surface area contributed by atoms with E-state index in [1.54, 1.807) is 19.1 Å². The number of aromatic nitrogens is 1. The van der Waals surface area contributed by atoms with E-state index < -0.39 is 10.0 Å². The van der Waals surface area contributed by atoms with E-state index in [0.717, 1.165) is 12.8 Å². The lowest BCUT2D eigenvalue weighted by atomic mass is 10.3. The second-order valence-corrected chi connectivity index (χ2v) is 9.94. The fourth-order valence-corrected chi connectivity index (χ4v) is 5.04. The van der Waals surface area contributed by atoms with Crippen LogP contribution in [-0.4, -0.2) is 25.4 Å². The molecule has 1 saturated carbocycles. The molecule has 0 radical (unpaired) electrons. The first kappa shape index (κ1) is 21.4. The number of hydrogen-bond donors (Lipinski definition) is 2. The molecule has 1 aliphatic rings. The van der Waals surface area contributed by atoms with Crippen molar-refractivity contribution < 1.29 is 22.3 Å². The summed E-state index contributed by atoms with van der Waals surface area (Å²) in [6.07, 6.45) is 1.68. The first-order valence-electron chi connectivity index (χ1n) is 9.58. The van der Waals surface area contributed by atoms with Gasteiger partial charge in [0.1, 0.15) is 28.1 Å². The van der Waals surface area contributed by atoms with Crippen LogP contribution in [0.3, 0.4) is 0 Å². The third kappa shape index (κ3) is 5.46. The average molecular weight is 462 g/mol. The summed E-state index contributed by atoms with van der Waals surface area (Å²) in [7, 11) is -3.61. The monoisotopic (exact) mass is 461 g/mol. The summed E-state index contributed by atoms with van der Waals surface area (Å²) in [6, 6.07) is 11.8. The van der Waals surface area contributed by atoms with Gasteiger partial charge in [-0.25, -0.2) is 22.5 Å². The topological polar surface area (TPSA) is 97.4 Å². The Balaban J connectivity index is 1.43. The number of ether oxygens (including phenoxy) is 1. The molecule has 10 heteroatoms. The first-order chi connectivity index (χ1) is 14.8. The number of amides is 1. The van der Waals surface area contributed by atoms with Gasteiger partial charge in [0.2, 0.25) is 10.0 Å². The van der Waals surface area contributed by atoms with Gasteiger partial charge in [-0.3, -0.25) is 4.79 Å². The zero-order valence-electron chi connectivity index (χ0n) is 16.6. The van der Waals surface area contributed by atoms with Crippen LogP contribution < -0.4 is 14.8 Å². The van der Waals surface area contributed by atoms with Crippen LogP contribution in [-0.2, 0) is 16.6 Å². The van der Waals surface area contributed by atoms with Crippen molar-refractivity contribution >= 4 is 33.0 Å². The third-order valence-electron chi connectivity index (χ3n) is 4.52. The molecule has 0 spiro atoms. The number of nitrogens with zero attached hydrogens (tertiary/aromatic N) is 1. The second kappa shape index (κ2) is 8.74. The Morgan fingerprint density at radius 2 is 1.97 bits per heavy atom. The minimum atomic E-state index is -3.61. The van der Waals surface area contributed by atoms with Gasteiger partial charge >= 0.3 is 0 Å². The number of benzene rings is 2. The molecule has 7 nitrogen and oxygen atoms in total. The van der Waals surface area contributed by atoms with Crippen LogP contribution in [0.5, 0.6) is 5.75 Å². The minimum absolute atomic E-state index is 0.00126. The maximum atomic E-state index is 13.0. The zero-order valence-corrected chi connectivity index (χ0v) is 18.2.